The molecule has 0 saturated heterocycles. The molecule has 1 unspecified atom stereocenters. The second kappa shape index (κ2) is 6.11. The average Bonchev–Trinajstić information content (AvgIpc) is 2.92. The molecule has 1 atom stereocenters. The Kier molecular flexibility index (Phi) is 3.75. The fraction of sp³-hybridized carbons (Fsp3) is 0.240. The van der Waals surface area contributed by atoms with Crippen LogP contribution in [0.2, 0.25) is 0 Å². The molecule has 0 radical (unpaired) electrons. The summed E-state index contributed by atoms with van der Waals surface area (Å²) in [5.41, 5.74) is 2.24. The van der Waals surface area contributed by atoms with Gasteiger partial charge in [0.05, 0.1) is 18.7 Å². The summed E-state index contributed by atoms with van der Waals surface area (Å²) in [6.45, 7) is 9.08. The first-order chi connectivity index (χ1) is 14.0. The number of nitrogens with zero attached hydrogens (tertiary/aromatic N) is 2. The van der Waals surface area contributed by atoms with Crippen LogP contribution in [-0.2, 0) is 5.41 Å². The van der Waals surface area contributed by atoms with Gasteiger partial charge in [0.1, 0.15) is 17.2 Å². The maximum Gasteiger partial charge on any atom is 0.229 e. The zero-order valence-corrected chi connectivity index (χ0v) is 17.0. The number of hydrogen-bond acceptors (Lipinski definition) is 4. The highest BCUT2D eigenvalue weighted by Gasteiger charge is 2.59. The molecule has 5 rings (SSSR count). The highest BCUT2D eigenvalue weighted by atomic mass is 16.5. The standard InChI is InChI=1S/C25H24N2O2/c1-5-14-27-21-9-7-6-8-20(21)24(2,3)25(27)16-26-23-19-15-18(28-4)12-10-17(19)11-13-22(23)29-25/h5-13,15-16H,1,14H2,2-4H3. The minimum atomic E-state index is -0.718. The van der Waals surface area contributed by atoms with Gasteiger partial charge in [0.2, 0.25) is 5.72 Å². The van der Waals surface area contributed by atoms with Gasteiger partial charge in [0, 0.05) is 17.6 Å². The molecule has 146 valence electrons. The van der Waals surface area contributed by atoms with Crippen molar-refractivity contribution in [2.75, 3.05) is 18.6 Å². The molecule has 4 heteroatoms. The lowest BCUT2D eigenvalue weighted by Gasteiger charge is -2.46. The predicted octanol–water partition coefficient (Wildman–Crippen LogP) is 5.62. The lowest BCUT2D eigenvalue weighted by Crippen LogP contribution is -2.62. The van der Waals surface area contributed by atoms with Crippen molar-refractivity contribution in [3.8, 4) is 11.5 Å². The molecule has 3 aromatic rings. The summed E-state index contributed by atoms with van der Waals surface area (Å²) in [5.74, 6) is 1.59. The van der Waals surface area contributed by atoms with E-state index in [1.54, 1.807) is 7.11 Å². The van der Waals surface area contributed by atoms with Crippen molar-refractivity contribution in [2.45, 2.75) is 25.0 Å². The molecular formula is C25H24N2O2. The Hall–Kier alpha value is -3.27. The Morgan fingerprint density at radius 3 is 2.72 bits per heavy atom. The van der Waals surface area contributed by atoms with Gasteiger partial charge in [-0.05, 0) is 49.1 Å². The molecule has 0 bridgehead atoms. The van der Waals surface area contributed by atoms with Crippen molar-refractivity contribution in [3.05, 3.63) is 72.8 Å². The largest absolute Gasteiger partial charge is 0.497 e. The third kappa shape index (κ3) is 2.29. The van der Waals surface area contributed by atoms with E-state index in [9.17, 15) is 0 Å². The molecule has 3 aromatic carbocycles. The Morgan fingerprint density at radius 1 is 1.14 bits per heavy atom. The third-order valence-electron chi connectivity index (χ3n) is 6.27. The second-order valence-corrected chi connectivity index (χ2v) is 8.10. The minimum absolute atomic E-state index is 0.295. The monoisotopic (exact) mass is 384 g/mol. The van der Waals surface area contributed by atoms with E-state index in [4.69, 9.17) is 14.5 Å². The van der Waals surface area contributed by atoms with E-state index in [-0.39, 0.29) is 5.41 Å². The Labute approximate surface area is 171 Å². The molecule has 0 fully saturated rings. The van der Waals surface area contributed by atoms with Gasteiger partial charge < -0.3 is 14.4 Å². The number of fused-ring (bicyclic) bond motifs is 4. The van der Waals surface area contributed by atoms with Crippen molar-refractivity contribution in [2.24, 2.45) is 4.99 Å². The summed E-state index contributed by atoms with van der Waals surface area (Å²) in [5, 5.41) is 2.13. The van der Waals surface area contributed by atoms with Crippen molar-refractivity contribution in [1.82, 2.24) is 0 Å². The van der Waals surface area contributed by atoms with Gasteiger partial charge in [0.25, 0.3) is 0 Å². The fourth-order valence-electron chi connectivity index (χ4n) is 4.68. The number of methoxy groups -OCH3 is 1. The molecular weight excluding hydrogens is 360 g/mol. The first-order valence-corrected chi connectivity index (χ1v) is 9.85. The second-order valence-electron chi connectivity index (χ2n) is 8.10. The number of hydrogen-bond donors (Lipinski definition) is 0. The number of benzene rings is 3. The number of rotatable bonds is 3. The maximum absolute atomic E-state index is 6.81. The van der Waals surface area contributed by atoms with Gasteiger partial charge in [0.15, 0.2) is 0 Å². The predicted molar refractivity (Wildman–Crippen MR) is 119 cm³/mol. The maximum atomic E-state index is 6.81. The summed E-state index contributed by atoms with van der Waals surface area (Å²) in [6.07, 6.45) is 3.88. The van der Waals surface area contributed by atoms with Crippen LogP contribution in [0.3, 0.4) is 0 Å². The summed E-state index contributed by atoms with van der Waals surface area (Å²) in [6, 6.07) is 18.6. The molecule has 0 N–H and O–H groups in total. The van der Waals surface area contributed by atoms with Gasteiger partial charge in [-0.3, -0.25) is 4.99 Å². The number of aliphatic imine (C=N–C) groups is 1. The van der Waals surface area contributed by atoms with Crippen LogP contribution < -0.4 is 14.4 Å². The van der Waals surface area contributed by atoms with E-state index in [2.05, 4.69) is 55.7 Å². The van der Waals surface area contributed by atoms with Gasteiger partial charge in [-0.15, -0.1) is 6.58 Å². The van der Waals surface area contributed by atoms with E-state index in [0.29, 0.717) is 6.54 Å². The summed E-state index contributed by atoms with van der Waals surface area (Å²) >= 11 is 0. The highest BCUT2D eigenvalue weighted by Crippen LogP contribution is 2.54. The topological polar surface area (TPSA) is 34.1 Å². The quantitative estimate of drug-likeness (QED) is 0.549. The fourth-order valence-corrected chi connectivity index (χ4v) is 4.68. The molecule has 2 heterocycles. The van der Waals surface area contributed by atoms with Crippen LogP contribution in [0.4, 0.5) is 11.4 Å². The van der Waals surface area contributed by atoms with E-state index < -0.39 is 5.72 Å². The van der Waals surface area contributed by atoms with Gasteiger partial charge >= 0.3 is 0 Å². The molecule has 2 aliphatic rings. The minimum Gasteiger partial charge on any atom is -0.497 e. The van der Waals surface area contributed by atoms with Crippen molar-refractivity contribution in [1.29, 1.82) is 0 Å². The highest BCUT2D eigenvalue weighted by molar-refractivity contribution is 6.00. The Balaban J connectivity index is 1.71. The normalized spacial score (nSPS) is 21.0. The van der Waals surface area contributed by atoms with Crippen molar-refractivity contribution >= 4 is 28.4 Å². The van der Waals surface area contributed by atoms with E-state index >= 15 is 0 Å². The average molecular weight is 384 g/mol. The van der Waals surface area contributed by atoms with Crippen LogP contribution in [0.1, 0.15) is 19.4 Å². The molecule has 0 saturated carbocycles. The summed E-state index contributed by atoms with van der Waals surface area (Å²) < 4.78 is 12.2. The molecule has 1 spiro atoms. The van der Waals surface area contributed by atoms with Crippen LogP contribution in [0.15, 0.2) is 72.2 Å². The molecule has 4 nitrogen and oxygen atoms in total. The first-order valence-electron chi connectivity index (χ1n) is 9.85. The lowest BCUT2D eigenvalue weighted by atomic mass is 9.77. The summed E-state index contributed by atoms with van der Waals surface area (Å²) in [7, 11) is 1.68. The molecule has 0 amide bonds. The van der Waals surface area contributed by atoms with Gasteiger partial charge in [-0.25, -0.2) is 0 Å². The van der Waals surface area contributed by atoms with Gasteiger partial charge in [-0.2, -0.15) is 0 Å². The number of ether oxygens (including phenoxy) is 2. The Bertz CT molecular complexity index is 1160. The van der Waals surface area contributed by atoms with Crippen LogP contribution in [0.5, 0.6) is 11.5 Å². The van der Waals surface area contributed by atoms with Crippen LogP contribution in [0, 0.1) is 0 Å². The summed E-state index contributed by atoms with van der Waals surface area (Å²) in [4.78, 5) is 7.22. The van der Waals surface area contributed by atoms with Gasteiger partial charge in [-0.1, -0.05) is 36.4 Å². The van der Waals surface area contributed by atoms with E-state index in [1.807, 2.05) is 36.6 Å². The number of para-hydroxylation sites is 1. The van der Waals surface area contributed by atoms with Crippen molar-refractivity contribution < 1.29 is 9.47 Å². The Morgan fingerprint density at radius 2 is 1.93 bits per heavy atom. The van der Waals surface area contributed by atoms with E-state index in [1.165, 1.54) is 5.56 Å². The van der Waals surface area contributed by atoms with Crippen LogP contribution in [0.25, 0.3) is 10.8 Å². The molecule has 0 aliphatic carbocycles. The lowest BCUT2D eigenvalue weighted by molar-refractivity contribution is 0.0800. The first kappa shape index (κ1) is 17.8. The number of anilines is 1. The van der Waals surface area contributed by atoms with Crippen molar-refractivity contribution in [3.63, 3.8) is 0 Å². The third-order valence-corrected chi connectivity index (χ3v) is 6.27. The smallest absolute Gasteiger partial charge is 0.229 e. The zero-order chi connectivity index (χ0) is 20.2. The molecule has 2 aliphatic heterocycles. The SMILES string of the molecule is C=CCN1c2ccccc2C(C)(C)C12C=Nc1c(ccc3ccc(OC)cc13)O2. The molecule has 0 aromatic heterocycles. The van der Waals surface area contributed by atoms with Crippen LogP contribution in [-0.4, -0.2) is 25.6 Å². The van der Waals surface area contributed by atoms with Crippen LogP contribution >= 0.6 is 0 Å². The van der Waals surface area contributed by atoms with E-state index in [0.717, 1.165) is 33.6 Å². The zero-order valence-electron chi connectivity index (χ0n) is 17.0. The molecule has 29 heavy (non-hydrogen) atoms.